The Morgan fingerprint density at radius 3 is 2.45 bits per heavy atom. The van der Waals surface area contributed by atoms with E-state index in [2.05, 4.69) is 4.98 Å². The number of thiazole rings is 1. The summed E-state index contributed by atoms with van der Waals surface area (Å²) in [4.78, 5) is 55.3. The molecule has 0 bridgehead atoms. The van der Waals surface area contributed by atoms with Gasteiger partial charge in [0.05, 0.1) is 35.9 Å². The molecule has 0 aliphatic carbocycles. The summed E-state index contributed by atoms with van der Waals surface area (Å²) in [5, 5.41) is 22.5. The summed E-state index contributed by atoms with van der Waals surface area (Å²) >= 11 is 0.872. The van der Waals surface area contributed by atoms with Gasteiger partial charge in [0, 0.05) is 17.7 Å². The Morgan fingerprint density at radius 2 is 1.87 bits per heavy atom. The Labute approximate surface area is 221 Å². The molecule has 1 aliphatic heterocycles. The van der Waals surface area contributed by atoms with Crippen LogP contribution in [0.15, 0.2) is 48.0 Å². The molecular weight excluding hydrogens is 514 g/mol. The molecule has 12 heteroatoms. The first-order valence-corrected chi connectivity index (χ1v) is 12.3. The van der Waals surface area contributed by atoms with Crippen molar-refractivity contribution in [3.8, 4) is 5.75 Å². The predicted molar refractivity (Wildman–Crippen MR) is 138 cm³/mol. The van der Waals surface area contributed by atoms with Gasteiger partial charge in [-0.3, -0.25) is 24.6 Å². The Morgan fingerprint density at radius 1 is 1.18 bits per heavy atom. The second kappa shape index (κ2) is 10.4. The van der Waals surface area contributed by atoms with Crippen LogP contribution in [-0.2, 0) is 14.3 Å². The molecular formula is C26H23N3O8S. The number of non-ortho nitro benzene ring substituents is 1. The van der Waals surface area contributed by atoms with Crippen molar-refractivity contribution < 1.29 is 33.9 Å². The number of benzene rings is 2. The molecule has 1 unspecified atom stereocenters. The van der Waals surface area contributed by atoms with Gasteiger partial charge in [-0.25, -0.2) is 9.78 Å². The zero-order valence-electron chi connectivity index (χ0n) is 20.9. The second-order valence-electron chi connectivity index (χ2n) is 8.33. The van der Waals surface area contributed by atoms with E-state index < -0.39 is 34.4 Å². The number of esters is 1. The fourth-order valence-electron chi connectivity index (χ4n) is 4.18. The first-order valence-electron chi connectivity index (χ1n) is 11.4. The average molecular weight is 538 g/mol. The van der Waals surface area contributed by atoms with Crippen LogP contribution in [0.1, 0.15) is 45.0 Å². The molecule has 0 spiro atoms. The van der Waals surface area contributed by atoms with E-state index in [1.54, 1.807) is 39.0 Å². The highest BCUT2D eigenvalue weighted by atomic mass is 32.1. The van der Waals surface area contributed by atoms with Crippen LogP contribution in [0, 0.1) is 24.0 Å². The van der Waals surface area contributed by atoms with Gasteiger partial charge in [-0.15, -0.1) is 0 Å². The zero-order chi connectivity index (χ0) is 27.7. The largest absolute Gasteiger partial charge is 0.507 e. The van der Waals surface area contributed by atoms with Gasteiger partial charge in [0.15, 0.2) is 5.13 Å². The number of methoxy groups -OCH3 is 1. The number of aromatic nitrogens is 1. The number of carbonyl (C=O) groups excluding carboxylic acids is 3. The van der Waals surface area contributed by atoms with E-state index in [4.69, 9.17) is 9.47 Å². The summed E-state index contributed by atoms with van der Waals surface area (Å²) in [6.45, 7) is 5.13. The molecule has 1 aromatic heterocycles. The highest BCUT2D eigenvalue weighted by molar-refractivity contribution is 7.17. The minimum Gasteiger partial charge on any atom is -0.507 e. The molecule has 1 amide bonds. The van der Waals surface area contributed by atoms with E-state index in [-0.39, 0.29) is 33.4 Å². The number of carbonyl (C=O) groups is 3. The van der Waals surface area contributed by atoms with Crippen LogP contribution in [0.25, 0.3) is 5.76 Å². The Kier molecular flexibility index (Phi) is 7.26. The molecule has 196 valence electrons. The molecule has 38 heavy (non-hydrogen) atoms. The molecule has 2 heterocycles. The predicted octanol–water partition coefficient (Wildman–Crippen LogP) is 4.48. The van der Waals surface area contributed by atoms with Gasteiger partial charge in [-0.05, 0) is 62.2 Å². The number of aliphatic hydroxyl groups is 1. The number of nitro benzene ring substituents is 1. The molecule has 1 fully saturated rings. The second-order valence-corrected chi connectivity index (χ2v) is 9.31. The van der Waals surface area contributed by atoms with Gasteiger partial charge in [0.1, 0.15) is 16.4 Å². The SMILES string of the molecule is CCOC(=O)c1sc(N2C(=O)C(=O)C(=C(O)c3ccc(OC)c(C)c3)C2c2ccc([N+](=O)[O-])cc2)nc1C. The van der Waals surface area contributed by atoms with Gasteiger partial charge in [0.25, 0.3) is 11.5 Å². The summed E-state index contributed by atoms with van der Waals surface area (Å²) in [5.74, 6) is -2.42. The van der Waals surface area contributed by atoms with Gasteiger partial charge < -0.3 is 14.6 Å². The molecule has 2 aromatic carbocycles. The Balaban J connectivity index is 1.92. The number of amides is 1. The summed E-state index contributed by atoms with van der Waals surface area (Å²) in [7, 11) is 1.50. The van der Waals surface area contributed by atoms with Crippen molar-refractivity contribution in [1.82, 2.24) is 4.98 Å². The van der Waals surface area contributed by atoms with E-state index in [1.807, 2.05) is 0 Å². The third-order valence-electron chi connectivity index (χ3n) is 5.98. The Hall–Kier alpha value is -4.58. The molecule has 3 aromatic rings. The minimum absolute atomic E-state index is 0.0426. The molecule has 1 N–H and O–H groups in total. The third-order valence-corrected chi connectivity index (χ3v) is 7.12. The molecule has 1 aliphatic rings. The number of aliphatic hydroxyl groups excluding tert-OH is 1. The van der Waals surface area contributed by atoms with Crippen LogP contribution in [0.4, 0.5) is 10.8 Å². The maximum Gasteiger partial charge on any atom is 0.350 e. The number of hydrogen-bond acceptors (Lipinski definition) is 10. The van der Waals surface area contributed by atoms with E-state index in [1.165, 1.54) is 31.4 Å². The van der Waals surface area contributed by atoms with Crippen molar-refractivity contribution in [2.24, 2.45) is 0 Å². The summed E-state index contributed by atoms with van der Waals surface area (Å²) < 4.78 is 10.3. The lowest BCUT2D eigenvalue weighted by atomic mass is 9.94. The summed E-state index contributed by atoms with van der Waals surface area (Å²) in [6, 6.07) is 8.90. The first kappa shape index (κ1) is 26.5. The molecule has 4 rings (SSSR count). The standard InChI is InChI=1S/C26H23N3O8S/c1-5-37-25(33)23-14(3)27-26(38-23)28-20(15-6-9-17(10-7-15)29(34)35)19(22(31)24(28)32)21(30)16-8-11-18(36-4)13(2)12-16/h6-12,20,30H,5H2,1-4H3. The molecule has 0 radical (unpaired) electrons. The number of anilines is 1. The number of nitrogens with zero attached hydrogens (tertiary/aromatic N) is 3. The van der Waals surface area contributed by atoms with Gasteiger partial charge in [-0.1, -0.05) is 11.3 Å². The van der Waals surface area contributed by atoms with Crippen LogP contribution in [0.3, 0.4) is 0 Å². The Bertz CT molecular complexity index is 1490. The lowest BCUT2D eigenvalue weighted by Crippen LogP contribution is -2.29. The highest BCUT2D eigenvalue weighted by Crippen LogP contribution is 2.44. The summed E-state index contributed by atoms with van der Waals surface area (Å²) in [5.41, 5.74) is 1.18. The van der Waals surface area contributed by atoms with Gasteiger partial charge in [0.2, 0.25) is 0 Å². The maximum absolute atomic E-state index is 13.3. The van der Waals surface area contributed by atoms with E-state index in [0.29, 0.717) is 22.6 Å². The van der Waals surface area contributed by atoms with Crippen LogP contribution < -0.4 is 9.64 Å². The normalized spacial score (nSPS) is 16.5. The van der Waals surface area contributed by atoms with Crippen LogP contribution in [-0.4, -0.2) is 46.4 Å². The van der Waals surface area contributed by atoms with Crippen LogP contribution in [0.5, 0.6) is 5.75 Å². The lowest BCUT2D eigenvalue weighted by Gasteiger charge is -2.23. The summed E-state index contributed by atoms with van der Waals surface area (Å²) in [6.07, 6.45) is 0. The van der Waals surface area contributed by atoms with Gasteiger partial charge in [-0.2, -0.15) is 0 Å². The smallest absolute Gasteiger partial charge is 0.350 e. The number of ketones is 1. The molecule has 0 saturated carbocycles. The number of hydrogen-bond donors (Lipinski definition) is 1. The number of Topliss-reactive ketones (excluding diaryl/α,β-unsaturated/α-hetero) is 1. The quantitative estimate of drug-likeness (QED) is 0.115. The molecule has 1 atom stereocenters. The lowest BCUT2D eigenvalue weighted by molar-refractivity contribution is -0.384. The highest BCUT2D eigenvalue weighted by Gasteiger charge is 2.48. The maximum atomic E-state index is 13.3. The van der Waals surface area contributed by atoms with Crippen molar-refractivity contribution in [1.29, 1.82) is 0 Å². The number of nitro groups is 1. The van der Waals surface area contributed by atoms with E-state index in [9.17, 15) is 29.6 Å². The van der Waals surface area contributed by atoms with Crippen molar-refractivity contribution in [3.05, 3.63) is 85.4 Å². The van der Waals surface area contributed by atoms with E-state index in [0.717, 1.165) is 16.2 Å². The molecule has 11 nitrogen and oxygen atoms in total. The number of rotatable bonds is 7. The number of ether oxygens (including phenoxy) is 2. The van der Waals surface area contributed by atoms with Crippen molar-refractivity contribution in [2.75, 3.05) is 18.6 Å². The average Bonchev–Trinajstić information content (AvgIpc) is 3.40. The van der Waals surface area contributed by atoms with Crippen molar-refractivity contribution in [2.45, 2.75) is 26.8 Å². The third kappa shape index (κ3) is 4.61. The fourth-order valence-corrected chi connectivity index (χ4v) is 5.16. The first-order chi connectivity index (χ1) is 18.1. The van der Waals surface area contributed by atoms with Gasteiger partial charge >= 0.3 is 11.9 Å². The molecule has 1 saturated heterocycles. The van der Waals surface area contributed by atoms with E-state index >= 15 is 0 Å². The van der Waals surface area contributed by atoms with Crippen molar-refractivity contribution >= 4 is 45.6 Å². The number of aryl methyl sites for hydroxylation is 2. The zero-order valence-corrected chi connectivity index (χ0v) is 21.7. The topological polar surface area (TPSA) is 149 Å². The minimum atomic E-state index is -1.17. The van der Waals surface area contributed by atoms with Crippen LogP contribution in [0.2, 0.25) is 0 Å². The monoisotopic (exact) mass is 537 g/mol. The van der Waals surface area contributed by atoms with Crippen molar-refractivity contribution in [3.63, 3.8) is 0 Å². The fraction of sp³-hybridized carbons (Fsp3) is 0.231. The van der Waals surface area contributed by atoms with Crippen LogP contribution >= 0.6 is 11.3 Å².